The molecule has 0 saturated carbocycles. The first-order valence-corrected chi connectivity index (χ1v) is 5.53. The number of hydrogen-bond acceptors (Lipinski definition) is 3. The van der Waals surface area contributed by atoms with E-state index in [0.29, 0.717) is 11.6 Å². The highest BCUT2D eigenvalue weighted by atomic mass is 35.5. The Kier molecular flexibility index (Phi) is 5.61. The van der Waals surface area contributed by atoms with Crippen LogP contribution >= 0.6 is 11.6 Å². The van der Waals surface area contributed by atoms with Crippen molar-refractivity contribution in [1.82, 2.24) is 4.98 Å². The van der Waals surface area contributed by atoms with Gasteiger partial charge in [-0.3, -0.25) is 4.98 Å². The Balaban J connectivity index is 2.37. The van der Waals surface area contributed by atoms with E-state index in [1.807, 2.05) is 6.07 Å². The largest absolute Gasteiger partial charge is 0.380 e. The van der Waals surface area contributed by atoms with E-state index in [1.54, 1.807) is 12.4 Å². The highest BCUT2D eigenvalue weighted by Crippen LogP contribution is 2.14. The summed E-state index contributed by atoms with van der Waals surface area (Å²) < 4.78 is 5.37. The van der Waals surface area contributed by atoms with Crippen LogP contribution in [0, 0.1) is 0 Å². The van der Waals surface area contributed by atoms with Crippen LogP contribution in [0.2, 0.25) is 5.02 Å². The molecule has 1 atom stereocenters. The average Bonchev–Trinajstić information content (AvgIpc) is 2.22. The molecular weight excluding hydrogens is 212 g/mol. The molecule has 0 amide bonds. The van der Waals surface area contributed by atoms with Gasteiger partial charge in [-0.25, -0.2) is 0 Å². The second-order valence-electron chi connectivity index (χ2n) is 3.51. The van der Waals surface area contributed by atoms with Gasteiger partial charge in [0.15, 0.2) is 0 Å². The van der Waals surface area contributed by atoms with Crippen molar-refractivity contribution in [3.63, 3.8) is 0 Å². The fourth-order valence-electron chi connectivity index (χ4n) is 1.29. The van der Waals surface area contributed by atoms with Gasteiger partial charge in [0.2, 0.25) is 0 Å². The number of pyridine rings is 1. The monoisotopic (exact) mass is 228 g/mol. The summed E-state index contributed by atoms with van der Waals surface area (Å²) in [6, 6.07) is 1.89. The fraction of sp³-hybridized carbons (Fsp3) is 0.545. The van der Waals surface area contributed by atoms with Gasteiger partial charge < -0.3 is 10.5 Å². The number of nitrogens with zero attached hydrogens (tertiary/aromatic N) is 1. The van der Waals surface area contributed by atoms with Crippen molar-refractivity contribution in [2.75, 3.05) is 13.2 Å². The second kappa shape index (κ2) is 6.77. The SMILES string of the molecule is CCCOCC(N)Cc1ccncc1Cl. The number of aromatic nitrogens is 1. The van der Waals surface area contributed by atoms with Gasteiger partial charge in [0, 0.05) is 25.0 Å². The summed E-state index contributed by atoms with van der Waals surface area (Å²) in [6.45, 7) is 3.41. The first kappa shape index (κ1) is 12.4. The quantitative estimate of drug-likeness (QED) is 0.758. The van der Waals surface area contributed by atoms with E-state index in [2.05, 4.69) is 11.9 Å². The third kappa shape index (κ3) is 4.60. The summed E-state index contributed by atoms with van der Waals surface area (Å²) >= 11 is 5.97. The van der Waals surface area contributed by atoms with E-state index in [1.165, 1.54) is 0 Å². The summed E-state index contributed by atoms with van der Waals surface area (Å²) in [5, 5.41) is 0.670. The van der Waals surface area contributed by atoms with Gasteiger partial charge in [-0.05, 0) is 24.5 Å². The molecule has 0 bridgehead atoms. The Bertz CT molecular complexity index is 294. The maximum absolute atomic E-state index is 5.97. The Labute approximate surface area is 95.6 Å². The van der Waals surface area contributed by atoms with Gasteiger partial charge in [-0.2, -0.15) is 0 Å². The molecule has 0 radical (unpaired) electrons. The molecule has 84 valence electrons. The van der Waals surface area contributed by atoms with Gasteiger partial charge in [0.25, 0.3) is 0 Å². The molecule has 1 aromatic heterocycles. The van der Waals surface area contributed by atoms with Crippen LogP contribution in [0.15, 0.2) is 18.5 Å². The second-order valence-corrected chi connectivity index (χ2v) is 3.91. The molecule has 0 aliphatic heterocycles. The third-order valence-corrected chi connectivity index (χ3v) is 2.36. The van der Waals surface area contributed by atoms with Crippen molar-refractivity contribution in [3.05, 3.63) is 29.0 Å². The van der Waals surface area contributed by atoms with Crippen molar-refractivity contribution in [2.45, 2.75) is 25.8 Å². The predicted octanol–water partition coefficient (Wildman–Crippen LogP) is 2.03. The van der Waals surface area contributed by atoms with Crippen LogP contribution in [-0.4, -0.2) is 24.2 Å². The molecule has 1 unspecified atom stereocenters. The third-order valence-electron chi connectivity index (χ3n) is 2.02. The van der Waals surface area contributed by atoms with Crippen molar-refractivity contribution in [1.29, 1.82) is 0 Å². The van der Waals surface area contributed by atoms with Crippen molar-refractivity contribution >= 4 is 11.6 Å². The Morgan fingerprint density at radius 3 is 3.07 bits per heavy atom. The molecule has 4 heteroatoms. The molecule has 0 aliphatic rings. The Hall–Kier alpha value is -0.640. The normalized spacial score (nSPS) is 12.7. The summed E-state index contributed by atoms with van der Waals surface area (Å²) in [5.74, 6) is 0. The van der Waals surface area contributed by atoms with E-state index < -0.39 is 0 Å². The summed E-state index contributed by atoms with van der Waals surface area (Å²) in [4.78, 5) is 3.92. The fourth-order valence-corrected chi connectivity index (χ4v) is 1.49. The molecule has 0 spiro atoms. The van der Waals surface area contributed by atoms with Gasteiger partial charge in [0.05, 0.1) is 11.6 Å². The number of hydrogen-bond donors (Lipinski definition) is 1. The zero-order valence-electron chi connectivity index (χ0n) is 8.95. The standard InChI is InChI=1S/C11H17ClN2O/c1-2-5-15-8-10(13)6-9-3-4-14-7-11(9)12/h3-4,7,10H,2,5-6,8,13H2,1H3. The Morgan fingerprint density at radius 2 is 2.40 bits per heavy atom. The number of nitrogens with two attached hydrogens (primary N) is 1. The minimum absolute atomic E-state index is 0.00329. The maximum Gasteiger partial charge on any atom is 0.0621 e. The van der Waals surface area contributed by atoms with Crippen LogP contribution in [0.25, 0.3) is 0 Å². The highest BCUT2D eigenvalue weighted by Gasteiger charge is 2.06. The molecule has 0 fully saturated rings. The molecule has 0 aromatic carbocycles. The van der Waals surface area contributed by atoms with E-state index in [9.17, 15) is 0 Å². The van der Waals surface area contributed by atoms with E-state index in [4.69, 9.17) is 22.1 Å². The molecular formula is C11H17ClN2O. The highest BCUT2D eigenvalue weighted by molar-refractivity contribution is 6.31. The molecule has 15 heavy (non-hydrogen) atoms. The van der Waals surface area contributed by atoms with Crippen molar-refractivity contribution in [2.24, 2.45) is 5.73 Å². The van der Waals surface area contributed by atoms with E-state index >= 15 is 0 Å². The van der Waals surface area contributed by atoms with Crippen LogP contribution in [0.3, 0.4) is 0 Å². The lowest BCUT2D eigenvalue weighted by atomic mass is 10.1. The summed E-state index contributed by atoms with van der Waals surface area (Å²) in [5.41, 5.74) is 6.94. The molecule has 3 nitrogen and oxygen atoms in total. The lowest BCUT2D eigenvalue weighted by molar-refractivity contribution is 0.121. The molecule has 1 heterocycles. The van der Waals surface area contributed by atoms with Crippen LogP contribution in [0.1, 0.15) is 18.9 Å². The lowest BCUT2D eigenvalue weighted by Gasteiger charge is -2.12. The first-order chi connectivity index (χ1) is 7.24. The molecule has 0 aliphatic carbocycles. The Morgan fingerprint density at radius 1 is 1.60 bits per heavy atom. The molecule has 1 rings (SSSR count). The number of ether oxygens (including phenoxy) is 1. The zero-order valence-corrected chi connectivity index (χ0v) is 9.70. The van der Waals surface area contributed by atoms with Crippen molar-refractivity contribution in [3.8, 4) is 0 Å². The van der Waals surface area contributed by atoms with Crippen LogP contribution in [0.4, 0.5) is 0 Å². The smallest absolute Gasteiger partial charge is 0.0621 e. The van der Waals surface area contributed by atoms with Gasteiger partial charge in [-0.1, -0.05) is 18.5 Å². The lowest BCUT2D eigenvalue weighted by Crippen LogP contribution is -2.28. The zero-order chi connectivity index (χ0) is 11.1. The molecule has 1 aromatic rings. The molecule has 0 saturated heterocycles. The predicted molar refractivity (Wildman–Crippen MR) is 62.0 cm³/mol. The van der Waals surface area contributed by atoms with Gasteiger partial charge in [-0.15, -0.1) is 0 Å². The number of halogens is 1. The van der Waals surface area contributed by atoms with Crippen molar-refractivity contribution < 1.29 is 4.74 Å². The topological polar surface area (TPSA) is 48.1 Å². The summed E-state index contributed by atoms with van der Waals surface area (Å²) in [6.07, 6.45) is 5.10. The van der Waals surface area contributed by atoms with E-state index in [0.717, 1.165) is 25.0 Å². The minimum atomic E-state index is -0.00329. The maximum atomic E-state index is 5.97. The van der Waals surface area contributed by atoms with Crippen LogP contribution < -0.4 is 5.73 Å². The number of rotatable bonds is 6. The van der Waals surface area contributed by atoms with Crippen LogP contribution in [0.5, 0.6) is 0 Å². The summed E-state index contributed by atoms with van der Waals surface area (Å²) in [7, 11) is 0. The van der Waals surface area contributed by atoms with Crippen LogP contribution in [-0.2, 0) is 11.2 Å². The average molecular weight is 229 g/mol. The first-order valence-electron chi connectivity index (χ1n) is 5.15. The molecule has 2 N–H and O–H groups in total. The minimum Gasteiger partial charge on any atom is -0.380 e. The van der Waals surface area contributed by atoms with Gasteiger partial charge >= 0.3 is 0 Å². The van der Waals surface area contributed by atoms with Gasteiger partial charge in [0.1, 0.15) is 0 Å². The van der Waals surface area contributed by atoms with E-state index in [-0.39, 0.29) is 6.04 Å².